The van der Waals surface area contributed by atoms with Crippen molar-refractivity contribution in [3.05, 3.63) is 51.5 Å². The Hall–Kier alpha value is -1.19. The Morgan fingerprint density at radius 3 is 2.53 bits per heavy atom. The maximum atomic E-state index is 4.55. The molecule has 0 fully saturated rings. The molecule has 0 saturated carbocycles. The number of benzene rings is 1. The quantitative estimate of drug-likeness (QED) is 0.860. The Morgan fingerprint density at radius 2 is 1.95 bits per heavy atom. The maximum absolute atomic E-state index is 4.55. The third-order valence-electron chi connectivity index (χ3n) is 3.27. The van der Waals surface area contributed by atoms with Crippen molar-refractivity contribution in [1.29, 1.82) is 0 Å². The van der Waals surface area contributed by atoms with Crippen molar-refractivity contribution < 1.29 is 0 Å². The Balaban J connectivity index is 2.06. The van der Waals surface area contributed by atoms with Crippen molar-refractivity contribution in [2.75, 3.05) is 6.54 Å². The first-order valence-corrected chi connectivity index (χ1v) is 7.73. The molecule has 0 amide bonds. The van der Waals surface area contributed by atoms with Crippen molar-refractivity contribution in [3.63, 3.8) is 0 Å². The first-order valence-electron chi connectivity index (χ1n) is 6.92. The molecule has 0 bridgehead atoms. The van der Waals surface area contributed by atoms with Gasteiger partial charge in [-0.3, -0.25) is 0 Å². The molecule has 0 aliphatic rings. The van der Waals surface area contributed by atoms with Gasteiger partial charge in [-0.2, -0.15) is 0 Å². The minimum atomic E-state index is 0.427. The summed E-state index contributed by atoms with van der Waals surface area (Å²) in [6.45, 7) is 7.36. The van der Waals surface area contributed by atoms with E-state index in [1.54, 1.807) is 0 Å². The molecular formula is C16H22N2S. The molecule has 102 valence electrons. The average molecular weight is 274 g/mol. The van der Waals surface area contributed by atoms with Gasteiger partial charge in [0.15, 0.2) is 0 Å². The molecule has 0 aliphatic heterocycles. The van der Waals surface area contributed by atoms with Crippen molar-refractivity contribution in [2.24, 2.45) is 0 Å². The summed E-state index contributed by atoms with van der Waals surface area (Å²) in [4.78, 5) is 5.95. The zero-order valence-corrected chi connectivity index (χ0v) is 12.8. The number of rotatable bonds is 6. The van der Waals surface area contributed by atoms with Crippen LogP contribution < -0.4 is 5.32 Å². The molecule has 19 heavy (non-hydrogen) atoms. The zero-order valence-electron chi connectivity index (χ0n) is 11.9. The lowest BCUT2D eigenvalue weighted by Crippen LogP contribution is -2.21. The number of thiazole rings is 1. The second kappa shape index (κ2) is 6.83. The van der Waals surface area contributed by atoms with Crippen LogP contribution in [0.1, 0.15) is 40.5 Å². The van der Waals surface area contributed by atoms with E-state index < -0.39 is 0 Å². The number of aryl methyl sites for hydroxylation is 3. The average Bonchev–Trinajstić information content (AvgIpc) is 2.75. The summed E-state index contributed by atoms with van der Waals surface area (Å²) in [5.74, 6) is 0. The van der Waals surface area contributed by atoms with E-state index in [9.17, 15) is 0 Å². The molecule has 1 atom stereocenters. The Morgan fingerprint density at radius 1 is 1.21 bits per heavy atom. The number of aromatic nitrogens is 1. The molecule has 0 aliphatic carbocycles. The van der Waals surface area contributed by atoms with Gasteiger partial charge in [0.25, 0.3) is 0 Å². The fourth-order valence-corrected chi connectivity index (χ4v) is 3.44. The van der Waals surface area contributed by atoms with E-state index in [0.717, 1.165) is 24.4 Å². The predicted octanol–water partition coefficient (Wildman–Crippen LogP) is 4.04. The first-order chi connectivity index (χ1) is 9.20. The van der Waals surface area contributed by atoms with Gasteiger partial charge >= 0.3 is 0 Å². The minimum Gasteiger partial charge on any atom is -0.309 e. The van der Waals surface area contributed by atoms with Gasteiger partial charge in [0, 0.05) is 10.9 Å². The molecule has 1 heterocycles. The highest BCUT2D eigenvalue weighted by Crippen LogP contribution is 2.28. The van der Waals surface area contributed by atoms with Gasteiger partial charge in [-0.25, -0.2) is 4.98 Å². The van der Waals surface area contributed by atoms with Crippen LogP contribution in [0.5, 0.6) is 0 Å². The Kier molecular flexibility index (Phi) is 5.11. The van der Waals surface area contributed by atoms with Gasteiger partial charge in [-0.1, -0.05) is 37.3 Å². The summed E-state index contributed by atoms with van der Waals surface area (Å²) in [5, 5.41) is 4.76. The first kappa shape index (κ1) is 14.2. The normalized spacial score (nSPS) is 12.6. The van der Waals surface area contributed by atoms with Gasteiger partial charge < -0.3 is 5.32 Å². The number of hydrogen-bond acceptors (Lipinski definition) is 3. The lowest BCUT2D eigenvalue weighted by atomic mass is 10.0. The van der Waals surface area contributed by atoms with Crippen LogP contribution in [0.3, 0.4) is 0 Å². The highest BCUT2D eigenvalue weighted by Gasteiger charge is 2.16. The summed E-state index contributed by atoms with van der Waals surface area (Å²) in [5.41, 5.74) is 2.59. The van der Waals surface area contributed by atoms with E-state index in [4.69, 9.17) is 0 Å². The second-order valence-electron chi connectivity index (χ2n) is 4.82. The maximum Gasteiger partial charge on any atom is 0.0900 e. The van der Waals surface area contributed by atoms with Crippen LogP contribution in [-0.4, -0.2) is 11.5 Å². The van der Waals surface area contributed by atoms with Crippen molar-refractivity contribution in [2.45, 2.75) is 39.7 Å². The monoisotopic (exact) mass is 274 g/mol. The molecule has 2 nitrogen and oxygen atoms in total. The predicted molar refractivity (Wildman–Crippen MR) is 82.8 cm³/mol. The summed E-state index contributed by atoms with van der Waals surface area (Å²) >= 11 is 1.82. The van der Waals surface area contributed by atoms with Gasteiger partial charge in [0.2, 0.25) is 0 Å². The third kappa shape index (κ3) is 3.88. The fraction of sp³-hybridized carbons (Fsp3) is 0.438. The summed E-state index contributed by atoms with van der Waals surface area (Å²) in [6.07, 6.45) is 2.23. The fourth-order valence-electron chi connectivity index (χ4n) is 2.40. The van der Waals surface area contributed by atoms with E-state index in [2.05, 4.69) is 61.4 Å². The Labute approximate surface area is 119 Å². The molecular weight excluding hydrogens is 252 g/mol. The van der Waals surface area contributed by atoms with Crippen molar-refractivity contribution in [1.82, 2.24) is 10.3 Å². The summed E-state index contributed by atoms with van der Waals surface area (Å²) < 4.78 is 0. The number of nitrogens with one attached hydrogen (secondary N) is 1. The van der Waals surface area contributed by atoms with Crippen LogP contribution in [-0.2, 0) is 6.42 Å². The van der Waals surface area contributed by atoms with Crippen molar-refractivity contribution >= 4 is 11.3 Å². The second-order valence-corrected chi connectivity index (χ2v) is 6.05. The van der Waals surface area contributed by atoms with Crippen LogP contribution in [0.4, 0.5) is 0 Å². The van der Waals surface area contributed by atoms with E-state index >= 15 is 0 Å². The van der Waals surface area contributed by atoms with Gasteiger partial charge in [0.05, 0.1) is 10.7 Å². The third-order valence-corrected chi connectivity index (χ3v) is 4.46. The molecule has 1 aromatic carbocycles. The van der Waals surface area contributed by atoms with Crippen LogP contribution >= 0.6 is 11.3 Å². The highest BCUT2D eigenvalue weighted by atomic mass is 32.1. The largest absolute Gasteiger partial charge is 0.309 e. The van der Waals surface area contributed by atoms with E-state index in [1.807, 2.05) is 11.3 Å². The number of hydrogen-bond donors (Lipinski definition) is 1. The van der Waals surface area contributed by atoms with Crippen LogP contribution in [0, 0.1) is 13.8 Å². The van der Waals surface area contributed by atoms with Crippen molar-refractivity contribution in [3.8, 4) is 0 Å². The summed E-state index contributed by atoms with van der Waals surface area (Å²) in [7, 11) is 0. The number of nitrogens with zero attached hydrogens (tertiary/aromatic N) is 1. The van der Waals surface area contributed by atoms with Crippen LogP contribution in [0.15, 0.2) is 30.3 Å². The molecule has 0 radical (unpaired) electrons. The lowest BCUT2D eigenvalue weighted by molar-refractivity contribution is 0.520. The topological polar surface area (TPSA) is 24.9 Å². The Bertz CT molecular complexity index is 505. The molecule has 2 rings (SSSR count). The molecule has 1 aromatic heterocycles. The minimum absolute atomic E-state index is 0.427. The lowest BCUT2D eigenvalue weighted by Gasteiger charge is -2.17. The van der Waals surface area contributed by atoms with Crippen LogP contribution in [0.2, 0.25) is 0 Å². The molecule has 3 heteroatoms. The molecule has 0 saturated heterocycles. The standard InChI is InChI=1S/C16H22N2S/c1-4-17-15(16-12(2)18-13(3)19-16)11-10-14-8-6-5-7-9-14/h5-9,15,17H,4,10-11H2,1-3H3. The SMILES string of the molecule is CCNC(CCc1ccccc1)c1sc(C)nc1C. The van der Waals surface area contributed by atoms with E-state index in [0.29, 0.717) is 6.04 Å². The van der Waals surface area contributed by atoms with E-state index in [1.165, 1.54) is 16.1 Å². The summed E-state index contributed by atoms with van der Waals surface area (Å²) in [6, 6.07) is 11.1. The smallest absolute Gasteiger partial charge is 0.0900 e. The molecule has 1 unspecified atom stereocenters. The van der Waals surface area contributed by atoms with Gasteiger partial charge in [-0.15, -0.1) is 11.3 Å². The zero-order chi connectivity index (χ0) is 13.7. The van der Waals surface area contributed by atoms with Crippen LogP contribution in [0.25, 0.3) is 0 Å². The van der Waals surface area contributed by atoms with Gasteiger partial charge in [0.1, 0.15) is 0 Å². The van der Waals surface area contributed by atoms with E-state index in [-0.39, 0.29) is 0 Å². The molecule has 2 aromatic rings. The molecule has 0 spiro atoms. The molecule has 1 N–H and O–H groups in total. The van der Waals surface area contributed by atoms with Gasteiger partial charge in [-0.05, 0) is 38.8 Å². The highest BCUT2D eigenvalue weighted by molar-refractivity contribution is 7.11.